The van der Waals surface area contributed by atoms with Crippen LogP contribution < -0.4 is 10.6 Å². The number of benzene rings is 2. The first-order chi connectivity index (χ1) is 16.8. The van der Waals surface area contributed by atoms with Gasteiger partial charge >= 0.3 is 11.9 Å². The van der Waals surface area contributed by atoms with Crippen molar-refractivity contribution in [1.29, 1.82) is 0 Å². The largest absolute Gasteiger partial charge is 0.506 e. The molecule has 1 aliphatic carbocycles. The molecule has 0 fully saturated rings. The molecule has 2 aromatic carbocycles. The summed E-state index contributed by atoms with van der Waals surface area (Å²) in [6.07, 6.45) is 2.89. The van der Waals surface area contributed by atoms with Crippen molar-refractivity contribution < 1.29 is 29.3 Å². The Labute approximate surface area is 204 Å². The highest BCUT2D eigenvalue weighted by Gasteiger charge is 2.29. The number of phenolic OH excluding ortho intramolecular Hbond substituents is 1. The number of anilines is 1. The molecule has 1 aliphatic heterocycles. The van der Waals surface area contributed by atoms with E-state index in [0.29, 0.717) is 23.2 Å². The van der Waals surface area contributed by atoms with E-state index in [9.17, 15) is 19.5 Å². The summed E-state index contributed by atoms with van der Waals surface area (Å²) in [5.74, 6) is -2.33. The lowest BCUT2D eigenvalue weighted by Gasteiger charge is -2.27. The summed E-state index contributed by atoms with van der Waals surface area (Å²) in [6.45, 7) is 4.63. The van der Waals surface area contributed by atoms with Crippen LogP contribution in [0.1, 0.15) is 66.2 Å². The van der Waals surface area contributed by atoms with Crippen LogP contribution in [0, 0.1) is 0 Å². The molecule has 0 saturated carbocycles. The molecule has 1 amide bonds. The average molecular weight is 481 g/mol. The number of nitrogens with one attached hydrogen (secondary N) is 2. The highest BCUT2D eigenvalue weighted by Crippen LogP contribution is 2.38. The number of fused-ring (bicyclic) bond motifs is 2. The normalized spacial score (nSPS) is 15.8. The van der Waals surface area contributed by atoms with E-state index in [-0.39, 0.29) is 30.7 Å². The summed E-state index contributed by atoms with van der Waals surface area (Å²) in [4.78, 5) is 35.2. The lowest BCUT2D eigenvalue weighted by atomic mass is 9.93. The maximum atomic E-state index is 12.3. The van der Waals surface area contributed by atoms with Crippen molar-refractivity contribution in [1.82, 2.24) is 5.32 Å². The number of rotatable bonds is 9. The zero-order valence-corrected chi connectivity index (χ0v) is 20.1. The number of phenols is 1. The van der Waals surface area contributed by atoms with Gasteiger partial charge in [-0.25, -0.2) is 0 Å². The van der Waals surface area contributed by atoms with Crippen LogP contribution in [0.5, 0.6) is 5.75 Å². The first-order valence-corrected chi connectivity index (χ1v) is 12.2. The minimum Gasteiger partial charge on any atom is -0.506 e. The SMILES string of the molecule is CCc1cc2c(cc1CC)CC(NCC(OC(=O)CC(=O)O)c1ccc(O)c3c1CCC(=O)N3)C2. The lowest BCUT2D eigenvalue weighted by Crippen LogP contribution is -2.35. The molecular weight excluding hydrogens is 448 g/mol. The quantitative estimate of drug-likeness (QED) is 0.247. The van der Waals surface area contributed by atoms with Gasteiger partial charge in [-0.2, -0.15) is 0 Å². The summed E-state index contributed by atoms with van der Waals surface area (Å²) >= 11 is 0. The number of hydrogen-bond donors (Lipinski definition) is 4. The molecule has 1 atom stereocenters. The summed E-state index contributed by atoms with van der Waals surface area (Å²) in [5, 5.41) is 25.5. The van der Waals surface area contributed by atoms with Crippen molar-refractivity contribution in [2.24, 2.45) is 0 Å². The van der Waals surface area contributed by atoms with Gasteiger partial charge in [0.1, 0.15) is 18.3 Å². The molecule has 0 aromatic heterocycles. The fraction of sp³-hybridized carbons (Fsp3) is 0.444. The molecule has 35 heavy (non-hydrogen) atoms. The van der Waals surface area contributed by atoms with Crippen LogP contribution in [0.25, 0.3) is 0 Å². The van der Waals surface area contributed by atoms with Crippen LogP contribution in [-0.2, 0) is 51.2 Å². The second-order valence-electron chi connectivity index (χ2n) is 9.23. The maximum Gasteiger partial charge on any atom is 0.317 e. The van der Waals surface area contributed by atoms with Gasteiger partial charge in [0, 0.05) is 19.0 Å². The average Bonchev–Trinajstić information content (AvgIpc) is 3.22. The van der Waals surface area contributed by atoms with E-state index in [1.165, 1.54) is 28.3 Å². The Kier molecular flexibility index (Phi) is 7.40. The van der Waals surface area contributed by atoms with Gasteiger partial charge in [-0.3, -0.25) is 14.4 Å². The van der Waals surface area contributed by atoms with Crippen molar-refractivity contribution in [3.8, 4) is 5.75 Å². The molecule has 8 heteroatoms. The van der Waals surface area contributed by atoms with Crippen LogP contribution in [-0.4, -0.2) is 40.6 Å². The van der Waals surface area contributed by atoms with Crippen LogP contribution in [0.2, 0.25) is 0 Å². The lowest BCUT2D eigenvalue weighted by molar-refractivity contribution is -0.155. The number of ether oxygens (including phenoxy) is 1. The predicted octanol–water partition coefficient (Wildman–Crippen LogP) is 3.22. The molecule has 2 aromatic rings. The Hall–Kier alpha value is -3.39. The fourth-order valence-corrected chi connectivity index (χ4v) is 5.19. The van der Waals surface area contributed by atoms with Gasteiger partial charge in [-0.1, -0.05) is 32.0 Å². The number of aliphatic carboxylic acids is 1. The van der Waals surface area contributed by atoms with Crippen molar-refractivity contribution >= 4 is 23.5 Å². The van der Waals surface area contributed by atoms with E-state index in [1.54, 1.807) is 6.07 Å². The standard InChI is InChI=1S/C27H32N2O6/c1-3-15-9-17-11-19(12-18(17)10-16(15)4-2)28-14-23(35-26(34)13-25(32)33)20-5-7-22(30)27-21(20)6-8-24(31)29-27/h5,7,9-10,19,23,28,30H,3-4,6,8,11-14H2,1-2H3,(H,29,31)(H,32,33). The van der Waals surface area contributed by atoms with E-state index in [1.807, 2.05) is 0 Å². The zero-order valence-electron chi connectivity index (χ0n) is 20.1. The summed E-state index contributed by atoms with van der Waals surface area (Å²) in [5.41, 5.74) is 7.11. The molecule has 0 saturated heterocycles. The Morgan fingerprint density at radius 2 is 1.77 bits per heavy atom. The number of carbonyl (C=O) groups excluding carboxylic acids is 2. The summed E-state index contributed by atoms with van der Waals surface area (Å²) < 4.78 is 5.61. The molecular formula is C27H32N2O6. The van der Waals surface area contributed by atoms with Gasteiger partial charge in [0.25, 0.3) is 0 Å². The molecule has 2 aliphatic rings. The van der Waals surface area contributed by atoms with Crippen LogP contribution in [0.3, 0.4) is 0 Å². The van der Waals surface area contributed by atoms with E-state index in [0.717, 1.165) is 25.7 Å². The maximum absolute atomic E-state index is 12.3. The van der Waals surface area contributed by atoms with E-state index < -0.39 is 24.5 Å². The second-order valence-corrected chi connectivity index (χ2v) is 9.23. The number of carbonyl (C=O) groups is 3. The highest BCUT2D eigenvalue weighted by molar-refractivity contribution is 5.96. The van der Waals surface area contributed by atoms with Gasteiger partial charge in [-0.15, -0.1) is 0 Å². The molecule has 0 bridgehead atoms. The minimum absolute atomic E-state index is 0.0509. The minimum atomic E-state index is -1.26. The number of hydrogen-bond acceptors (Lipinski definition) is 6. The van der Waals surface area contributed by atoms with Gasteiger partial charge in [0.15, 0.2) is 0 Å². The van der Waals surface area contributed by atoms with Crippen molar-refractivity contribution in [2.75, 3.05) is 11.9 Å². The number of esters is 1. The number of aryl methyl sites for hydroxylation is 2. The topological polar surface area (TPSA) is 125 Å². The van der Waals surface area contributed by atoms with Crippen LogP contribution in [0.15, 0.2) is 24.3 Å². The summed E-state index contributed by atoms with van der Waals surface area (Å²) in [7, 11) is 0. The summed E-state index contributed by atoms with van der Waals surface area (Å²) in [6, 6.07) is 7.91. The molecule has 186 valence electrons. The molecule has 0 spiro atoms. The van der Waals surface area contributed by atoms with Gasteiger partial charge in [0.05, 0.1) is 5.69 Å². The van der Waals surface area contributed by atoms with E-state index >= 15 is 0 Å². The molecule has 1 heterocycles. The van der Waals surface area contributed by atoms with Crippen LogP contribution in [0.4, 0.5) is 5.69 Å². The van der Waals surface area contributed by atoms with Gasteiger partial charge in [-0.05, 0) is 71.6 Å². The van der Waals surface area contributed by atoms with Crippen molar-refractivity contribution in [3.05, 3.63) is 57.6 Å². The van der Waals surface area contributed by atoms with Gasteiger partial charge in [0.2, 0.25) is 5.91 Å². The third kappa shape index (κ3) is 5.48. The predicted molar refractivity (Wildman–Crippen MR) is 131 cm³/mol. The number of amides is 1. The molecule has 4 rings (SSSR count). The second kappa shape index (κ2) is 10.5. The number of aromatic hydroxyl groups is 1. The van der Waals surface area contributed by atoms with E-state index in [2.05, 4.69) is 36.6 Å². The first kappa shape index (κ1) is 24.7. The Bertz CT molecular complexity index is 1130. The Balaban J connectivity index is 1.55. The van der Waals surface area contributed by atoms with Crippen molar-refractivity contribution in [2.45, 2.75) is 70.9 Å². The third-order valence-electron chi connectivity index (χ3n) is 6.92. The molecule has 1 unspecified atom stereocenters. The Morgan fingerprint density at radius 1 is 1.11 bits per heavy atom. The van der Waals surface area contributed by atoms with Gasteiger partial charge < -0.3 is 25.6 Å². The molecule has 4 N–H and O–H groups in total. The highest BCUT2D eigenvalue weighted by atomic mass is 16.5. The fourth-order valence-electron chi connectivity index (χ4n) is 5.19. The first-order valence-electron chi connectivity index (χ1n) is 12.2. The molecule has 8 nitrogen and oxygen atoms in total. The zero-order chi connectivity index (χ0) is 25.1. The number of carboxylic acids is 1. The van der Waals surface area contributed by atoms with E-state index in [4.69, 9.17) is 9.84 Å². The number of carboxylic acid groups (broad SMARTS) is 1. The monoisotopic (exact) mass is 480 g/mol. The smallest absolute Gasteiger partial charge is 0.317 e. The Morgan fingerprint density at radius 3 is 2.37 bits per heavy atom. The molecule has 0 radical (unpaired) electrons. The third-order valence-corrected chi connectivity index (χ3v) is 6.92. The van der Waals surface area contributed by atoms with Crippen molar-refractivity contribution in [3.63, 3.8) is 0 Å². The van der Waals surface area contributed by atoms with Crippen LogP contribution >= 0.6 is 0 Å².